The minimum atomic E-state index is -0.675. The number of hydrogen-bond acceptors (Lipinski definition) is 2. The highest BCUT2D eigenvalue weighted by atomic mass is 16.2. The topological polar surface area (TPSA) is 72.2 Å². The fourth-order valence-corrected chi connectivity index (χ4v) is 1.52. The largest absolute Gasteiger partial charge is 0.368 e. The molecule has 2 amide bonds. The first kappa shape index (κ1) is 13.8. The fourth-order valence-electron chi connectivity index (χ4n) is 1.52. The maximum absolute atomic E-state index is 11.8. The standard InChI is InChI=1S/C14H16N2O2/c1-2-3-5-10-12(13(15)17)16-14(18)11-8-6-4-7-9-11/h1,4,6-9,12H,3,5,10H2,(H2,15,17)(H,16,18)/t12-/m0/s1. The number of rotatable bonds is 6. The molecule has 1 atom stereocenters. The van der Waals surface area contributed by atoms with Crippen molar-refractivity contribution in [2.75, 3.05) is 0 Å². The number of hydrogen-bond donors (Lipinski definition) is 2. The summed E-state index contributed by atoms with van der Waals surface area (Å²) in [5, 5.41) is 2.61. The van der Waals surface area contributed by atoms with E-state index in [1.54, 1.807) is 24.3 Å². The van der Waals surface area contributed by atoms with Crippen LogP contribution >= 0.6 is 0 Å². The van der Waals surface area contributed by atoms with Crippen LogP contribution in [0.5, 0.6) is 0 Å². The van der Waals surface area contributed by atoms with Crippen molar-refractivity contribution in [1.29, 1.82) is 0 Å². The normalized spacial score (nSPS) is 11.3. The van der Waals surface area contributed by atoms with Gasteiger partial charge in [-0.1, -0.05) is 18.2 Å². The van der Waals surface area contributed by atoms with Crippen LogP contribution in [0.1, 0.15) is 29.6 Å². The second kappa shape index (κ2) is 7.13. The Hall–Kier alpha value is -2.28. The molecule has 0 saturated heterocycles. The molecule has 0 saturated carbocycles. The molecule has 18 heavy (non-hydrogen) atoms. The second-order valence-electron chi connectivity index (χ2n) is 3.89. The van der Waals surface area contributed by atoms with Crippen LogP contribution in [0, 0.1) is 12.3 Å². The molecule has 94 valence electrons. The number of carbonyl (C=O) groups excluding carboxylic acids is 2. The number of nitrogens with one attached hydrogen (secondary N) is 1. The number of unbranched alkanes of at least 4 members (excludes halogenated alkanes) is 1. The Morgan fingerprint density at radius 2 is 2.00 bits per heavy atom. The van der Waals surface area contributed by atoms with Crippen molar-refractivity contribution < 1.29 is 9.59 Å². The number of nitrogens with two attached hydrogens (primary N) is 1. The fraction of sp³-hybridized carbons (Fsp3) is 0.286. The van der Waals surface area contributed by atoms with E-state index in [1.165, 1.54) is 0 Å². The van der Waals surface area contributed by atoms with Gasteiger partial charge in [0.1, 0.15) is 6.04 Å². The molecule has 4 heteroatoms. The minimum absolute atomic E-state index is 0.305. The monoisotopic (exact) mass is 244 g/mol. The SMILES string of the molecule is C#CCCC[C@H](NC(=O)c1ccccc1)C(N)=O. The number of carbonyl (C=O) groups is 2. The Balaban J connectivity index is 2.59. The summed E-state index contributed by atoms with van der Waals surface area (Å²) in [5.41, 5.74) is 5.74. The van der Waals surface area contributed by atoms with Crippen LogP contribution in [0.3, 0.4) is 0 Å². The van der Waals surface area contributed by atoms with Crippen LogP contribution < -0.4 is 11.1 Å². The van der Waals surface area contributed by atoms with Gasteiger partial charge in [0.25, 0.3) is 5.91 Å². The van der Waals surface area contributed by atoms with E-state index in [9.17, 15) is 9.59 Å². The first-order valence-corrected chi connectivity index (χ1v) is 5.74. The molecule has 4 nitrogen and oxygen atoms in total. The molecule has 0 bridgehead atoms. The van der Waals surface area contributed by atoms with Gasteiger partial charge in [0.15, 0.2) is 0 Å². The smallest absolute Gasteiger partial charge is 0.251 e. The molecule has 3 N–H and O–H groups in total. The average Bonchev–Trinajstić information content (AvgIpc) is 2.38. The molecule has 0 fully saturated rings. The molecule has 1 rings (SSSR count). The van der Waals surface area contributed by atoms with Crippen molar-refractivity contribution in [3.63, 3.8) is 0 Å². The molecule has 0 aliphatic rings. The van der Waals surface area contributed by atoms with E-state index in [4.69, 9.17) is 12.2 Å². The van der Waals surface area contributed by atoms with Crippen molar-refractivity contribution >= 4 is 11.8 Å². The maximum atomic E-state index is 11.8. The summed E-state index contributed by atoms with van der Waals surface area (Å²) in [4.78, 5) is 23.0. The van der Waals surface area contributed by atoms with E-state index < -0.39 is 11.9 Å². The zero-order valence-electron chi connectivity index (χ0n) is 10.1. The first-order valence-electron chi connectivity index (χ1n) is 5.74. The molecule has 0 aliphatic carbocycles. The third-order valence-electron chi connectivity index (χ3n) is 2.50. The Morgan fingerprint density at radius 3 is 2.56 bits per heavy atom. The van der Waals surface area contributed by atoms with E-state index in [0.29, 0.717) is 24.8 Å². The van der Waals surface area contributed by atoms with Gasteiger partial charge in [-0.25, -0.2) is 0 Å². The van der Waals surface area contributed by atoms with Crippen LogP contribution in [-0.4, -0.2) is 17.9 Å². The number of primary amides is 1. The summed E-state index contributed by atoms with van der Waals surface area (Å²) in [6, 6.07) is 8.00. The summed E-state index contributed by atoms with van der Waals surface area (Å²) in [6.45, 7) is 0. The number of terminal acetylenes is 1. The molecule has 0 spiro atoms. The second-order valence-corrected chi connectivity index (χ2v) is 3.89. The van der Waals surface area contributed by atoms with E-state index in [0.717, 1.165) is 0 Å². The van der Waals surface area contributed by atoms with Gasteiger partial charge in [-0.15, -0.1) is 12.3 Å². The Kier molecular flexibility index (Phi) is 5.46. The van der Waals surface area contributed by atoms with Crippen LogP contribution in [0.2, 0.25) is 0 Å². The van der Waals surface area contributed by atoms with Gasteiger partial charge < -0.3 is 11.1 Å². The van der Waals surface area contributed by atoms with Gasteiger partial charge in [-0.3, -0.25) is 9.59 Å². The lowest BCUT2D eigenvalue weighted by molar-refractivity contribution is -0.120. The summed E-state index contributed by atoms with van der Waals surface area (Å²) in [5.74, 6) is 1.63. The van der Waals surface area contributed by atoms with Crippen LogP contribution in [0.25, 0.3) is 0 Å². The average molecular weight is 244 g/mol. The highest BCUT2D eigenvalue weighted by molar-refractivity contribution is 5.97. The quantitative estimate of drug-likeness (QED) is 0.580. The zero-order chi connectivity index (χ0) is 13.4. The third kappa shape index (κ3) is 4.30. The third-order valence-corrected chi connectivity index (χ3v) is 2.50. The van der Waals surface area contributed by atoms with E-state index in [2.05, 4.69) is 11.2 Å². The highest BCUT2D eigenvalue weighted by Crippen LogP contribution is 2.03. The summed E-state index contributed by atoms with van der Waals surface area (Å²) >= 11 is 0. The van der Waals surface area contributed by atoms with Crippen molar-refractivity contribution in [1.82, 2.24) is 5.32 Å². The zero-order valence-corrected chi connectivity index (χ0v) is 10.1. The number of benzene rings is 1. The summed E-state index contributed by atoms with van der Waals surface area (Å²) in [7, 11) is 0. The molecule has 0 aromatic heterocycles. The van der Waals surface area contributed by atoms with Crippen molar-refractivity contribution in [3.8, 4) is 12.3 Å². The predicted octanol–water partition coefficient (Wildman–Crippen LogP) is 1.07. The van der Waals surface area contributed by atoms with Crippen LogP contribution in [0.4, 0.5) is 0 Å². The summed E-state index contributed by atoms with van der Waals surface area (Å²) < 4.78 is 0. The molecule has 1 aromatic rings. The molecule has 0 aliphatic heterocycles. The Labute approximate surface area is 107 Å². The lowest BCUT2D eigenvalue weighted by Gasteiger charge is -2.14. The lowest BCUT2D eigenvalue weighted by Crippen LogP contribution is -2.44. The summed E-state index contributed by atoms with van der Waals surface area (Å²) in [6.07, 6.45) is 6.80. The van der Waals surface area contributed by atoms with E-state index in [-0.39, 0.29) is 5.91 Å². The van der Waals surface area contributed by atoms with Gasteiger partial charge >= 0.3 is 0 Å². The molecular weight excluding hydrogens is 228 g/mol. The maximum Gasteiger partial charge on any atom is 0.251 e. The molecule has 0 unspecified atom stereocenters. The van der Waals surface area contributed by atoms with Gasteiger partial charge in [0.05, 0.1) is 0 Å². The molecular formula is C14H16N2O2. The predicted molar refractivity (Wildman–Crippen MR) is 69.6 cm³/mol. The number of amides is 2. The van der Waals surface area contributed by atoms with Crippen molar-refractivity contribution in [3.05, 3.63) is 35.9 Å². The van der Waals surface area contributed by atoms with Gasteiger partial charge in [0, 0.05) is 12.0 Å². The lowest BCUT2D eigenvalue weighted by atomic mass is 10.1. The Morgan fingerprint density at radius 1 is 1.33 bits per heavy atom. The molecule has 0 heterocycles. The van der Waals surface area contributed by atoms with Gasteiger partial charge in [0.2, 0.25) is 5.91 Å². The minimum Gasteiger partial charge on any atom is -0.368 e. The highest BCUT2D eigenvalue weighted by Gasteiger charge is 2.17. The van der Waals surface area contributed by atoms with Gasteiger partial charge in [-0.05, 0) is 25.0 Å². The Bertz CT molecular complexity index is 449. The van der Waals surface area contributed by atoms with Crippen molar-refractivity contribution in [2.24, 2.45) is 5.73 Å². The molecule has 0 radical (unpaired) electrons. The first-order chi connectivity index (χ1) is 8.65. The van der Waals surface area contributed by atoms with Gasteiger partial charge in [-0.2, -0.15) is 0 Å². The van der Waals surface area contributed by atoms with Crippen LogP contribution in [0.15, 0.2) is 30.3 Å². The van der Waals surface area contributed by atoms with E-state index >= 15 is 0 Å². The van der Waals surface area contributed by atoms with E-state index in [1.807, 2.05) is 6.07 Å². The van der Waals surface area contributed by atoms with Crippen LogP contribution in [-0.2, 0) is 4.79 Å². The van der Waals surface area contributed by atoms with Crippen molar-refractivity contribution in [2.45, 2.75) is 25.3 Å². The molecule has 1 aromatic carbocycles.